The Morgan fingerprint density at radius 3 is 2.78 bits per heavy atom. The van der Waals surface area contributed by atoms with Crippen molar-refractivity contribution >= 4 is 45.0 Å². The summed E-state index contributed by atoms with van der Waals surface area (Å²) in [7, 11) is 0. The molecule has 0 spiro atoms. The van der Waals surface area contributed by atoms with E-state index in [1.165, 1.54) is 12.1 Å². The normalized spacial score (nSPS) is 12.6. The number of nitrogens with zero attached hydrogens (tertiary/aromatic N) is 1. The van der Waals surface area contributed by atoms with E-state index in [2.05, 4.69) is 15.0 Å². The maximum absolute atomic E-state index is 12.1. The number of nitrogens with two attached hydrogens (primary N) is 1. The van der Waals surface area contributed by atoms with E-state index in [1.54, 1.807) is 13.0 Å². The van der Waals surface area contributed by atoms with Crippen molar-refractivity contribution in [3.8, 4) is 5.75 Å². The summed E-state index contributed by atoms with van der Waals surface area (Å²) in [6.07, 6.45) is -4.23. The second kappa shape index (κ2) is 7.80. The Labute approximate surface area is 140 Å². The van der Waals surface area contributed by atoms with Crippen LogP contribution in [0.2, 0.25) is 0 Å². The summed E-state index contributed by atoms with van der Waals surface area (Å²) in [6.45, 7) is 0.359. The lowest BCUT2D eigenvalue weighted by molar-refractivity contribution is -0.153. The smallest absolute Gasteiger partial charge is 0.422 e. The zero-order valence-electron chi connectivity index (χ0n) is 12.0. The Morgan fingerprint density at radius 1 is 1.48 bits per heavy atom. The van der Waals surface area contributed by atoms with Gasteiger partial charge in [0.2, 0.25) is 5.91 Å². The number of alkyl halides is 3. The van der Waals surface area contributed by atoms with Gasteiger partial charge in [-0.25, -0.2) is 4.98 Å². The van der Waals surface area contributed by atoms with E-state index in [0.717, 1.165) is 11.3 Å². The van der Waals surface area contributed by atoms with Crippen molar-refractivity contribution < 1.29 is 22.7 Å². The van der Waals surface area contributed by atoms with Crippen LogP contribution in [0.3, 0.4) is 0 Å². The molecule has 10 heteroatoms. The SMILES string of the molecule is CC(N)CC(=O)Nc1nc2ccc(OCC(F)(F)F)cc2s1.Cl. The van der Waals surface area contributed by atoms with Crippen LogP contribution < -0.4 is 15.8 Å². The van der Waals surface area contributed by atoms with Crippen LogP contribution in [-0.2, 0) is 4.79 Å². The second-order valence-electron chi connectivity index (χ2n) is 4.78. The number of halogens is 4. The summed E-state index contributed by atoms with van der Waals surface area (Å²) < 4.78 is 41.6. The van der Waals surface area contributed by atoms with Gasteiger partial charge in [-0.3, -0.25) is 4.79 Å². The Bertz CT molecular complexity index is 676. The predicted molar refractivity (Wildman–Crippen MR) is 85.3 cm³/mol. The minimum absolute atomic E-state index is 0. The number of fused-ring (bicyclic) bond motifs is 1. The molecule has 0 bridgehead atoms. The van der Waals surface area contributed by atoms with E-state index < -0.39 is 12.8 Å². The first kappa shape index (κ1) is 19.5. The van der Waals surface area contributed by atoms with Gasteiger partial charge in [-0.2, -0.15) is 13.2 Å². The van der Waals surface area contributed by atoms with Crippen LogP contribution in [0.15, 0.2) is 18.2 Å². The molecule has 1 unspecified atom stereocenters. The third-order valence-corrected chi connectivity index (χ3v) is 3.45. The summed E-state index contributed by atoms with van der Waals surface area (Å²) in [4.78, 5) is 15.8. The molecule has 0 aliphatic heterocycles. The van der Waals surface area contributed by atoms with E-state index in [0.29, 0.717) is 15.3 Å². The Kier molecular flexibility index (Phi) is 6.60. The zero-order chi connectivity index (χ0) is 16.3. The minimum Gasteiger partial charge on any atom is -0.484 e. The van der Waals surface area contributed by atoms with Crippen LogP contribution >= 0.6 is 23.7 Å². The number of hydrogen-bond acceptors (Lipinski definition) is 5. The number of benzene rings is 1. The molecular formula is C13H15ClF3N3O2S. The highest BCUT2D eigenvalue weighted by Gasteiger charge is 2.28. The molecule has 1 atom stereocenters. The van der Waals surface area contributed by atoms with Gasteiger partial charge < -0.3 is 15.8 Å². The molecule has 1 heterocycles. The monoisotopic (exact) mass is 369 g/mol. The molecule has 0 saturated heterocycles. The van der Waals surface area contributed by atoms with Gasteiger partial charge in [0.25, 0.3) is 0 Å². The molecule has 2 rings (SSSR count). The average Bonchev–Trinajstić information content (AvgIpc) is 2.75. The fourth-order valence-electron chi connectivity index (χ4n) is 1.68. The highest BCUT2D eigenvalue weighted by molar-refractivity contribution is 7.22. The van der Waals surface area contributed by atoms with E-state index in [9.17, 15) is 18.0 Å². The van der Waals surface area contributed by atoms with Gasteiger partial charge in [-0.1, -0.05) is 11.3 Å². The van der Waals surface area contributed by atoms with Gasteiger partial charge in [0.05, 0.1) is 10.2 Å². The van der Waals surface area contributed by atoms with Crippen LogP contribution in [0, 0.1) is 0 Å². The van der Waals surface area contributed by atoms with Crippen molar-refractivity contribution in [1.82, 2.24) is 4.98 Å². The van der Waals surface area contributed by atoms with Crippen LogP contribution in [-0.4, -0.2) is 29.7 Å². The third-order valence-electron chi connectivity index (χ3n) is 2.52. The quantitative estimate of drug-likeness (QED) is 0.847. The fraction of sp³-hybridized carbons (Fsp3) is 0.385. The summed E-state index contributed by atoms with van der Waals surface area (Å²) in [5, 5.41) is 2.98. The fourth-order valence-corrected chi connectivity index (χ4v) is 2.59. The first-order valence-electron chi connectivity index (χ1n) is 6.38. The molecule has 0 radical (unpaired) electrons. The first-order chi connectivity index (χ1) is 10.2. The molecule has 1 aromatic heterocycles. The van der Waals surface area contributed by atoms with Gasteiger partial charge in [0, 0.05) is 12.5 Å². The molecule has 23 heavy (non-hydrogen) atoms. The van der Waals surface area contributed by atoms with Crippen LogP contribution in [0.4, 0.5) is 18.3 Å². The van der Waals surface area contributed by atoms with E-state index in [4.69, 9.17) is 5.73 Å². The number of hydrogen-bond donors (Lipinski definition) is 2. The first-order valence-corrected chi connectivity index (χ1v) is 7.20. The number of aromatic nitrogens is 1. The second-order valence-corrected chi connectivity index (χ2v) is 5.81. The third kappa shape index (κ3) is 6.20. The van der Waals surface area contributed by atoms with Gasteiger partial charge >= 0.3 is 6.18 Å². The standard InChI is InChI=1S/C13H14F3N3O2S.ClH/c1-7(17)4-11(20)19-12-18-9-3-2-8(5-10(9)22-12)21-6-13(14,15)16;/h2-3,5,7H,4,6,17H2,1H3,(H,18,19,20);1H. The van der Waals surface area contributed by atoms with E-state index in [-0.39, 0.29) is 36.5 Å². The van der Waals surface area contributed by atoms with Crippen molar-refractivity contribution in [2.75, 3.05) is 11.9 Å². The molecule has 0 saturated carbocycles. The van der Waals surface area contributed by atoms with Crippen molar-refractivity contribution in [2.45, 2.75) is 25.6 Å². The maximum atomic E-state index is 12.1. The molecule has 1 aromatic carbocycles. The lowest BCUT2D eigenvalue weighted by atomic mass is 10.2. The number of amides is 1. The van der Waals surface area contributed by atoms with Gasteiger partial charge in [0.15, 0.2) is 11.7 Å². The summed E-state index contributed by atoms with van der Waals surface area (Å²) >= 11 is 1.16. The van der Waals surface area contributed by atoms with Crippen LogP contribution in [0.1, 0.15) is 13.3 Å². The predicted octanol–water partition coefficient (Wildman–Crippen LogP) is 3.34. The molecule has 0 aliphatic carbocycles. The number of carbonyl (C=O) groups is 1. The molecule has 128 valence electrons. The van der Waals surface area contributed by atoms with Crippen molar-refractivity contribution in [3.63, 3.8) is 0 Å². The lowest BCUT2D eigenvalue weighted by Gasteiger charge is -2.08. The Hall–Kier alpha value is -1.58. The highest BCUT2D eigenvalue weighted by Crippen LogP contribution is 2.30. The number of nitrogens with one attached hydrogen (secondary N) is 1. The molecule has 2 aromatic rings. The van der Waals surface area contributed by atoms with E-state index >= 15 is 0 Å². The van der Waals surface area contributed by atoms with Crippen molar-refractivity contribution in [2.24, 2.45) is 5.73 Å². The average molecular weight is 370 g/mol. The summed E-state index contributed by atoms with van der Waals surface area (Å²) in [5.74, 6) is -0.162. The maximum Gasteiger partial charge on any atom is 0.422 e. The van der Waals surface area contributed by atoms with Gasteiger partial charge in [-0.15, -0.1) is 12.4 Å². The van der Waals surface area contributed by atoms with Crippen LogP contribution in [0.25, 0.3) is 10.2 Å². The van der Waals surface area contributed by atoms with Crippen molar-refractivity contribution in [1.29, 1.82) is 0 Å². The molecule has 3 N–H and O–H groups in total. The lowest BCUT2D eigenvalue weighted by Crippen LogP contribution is -2.23. The number of rotatable bonds is 5. The number of thiazole rings is 1. The molecular weight excluding hydrogens is 355 g/mol. The van der Waals surface area contributed by atoms with Crippen molar-refractivity contribution in [3.05, 3.63) is 18.2 Å². The topological polar surface area (TPSA) is 77.2 Å². The molecule has 5 nitrogen and oxygen atoms in total. The largest absolute Gasteiger partial charge is 0.484 e. The zero-order valence-corrected chi connectivity index (χ0v) is 13.6. The van der Waals surface area contributed by atoms with E-state index in [1.807, 2.05) is 0 Å². The van der Waals surface area contributed by atoms with Gasteiger partial charge in [-0.05, 0) is 25.1 Å². The van der Waals surface area contributed by atoms with Gasteiger partial charge in [0.1, 0.15) is 5.75 Å². The molecule has 0 fully saturated rings. The number of ether oxygens (including phenoxy) is 1. The molecule has 0 aliphatic rings. The summed E-state index contributed by atoms with van der Waals surface area (Å²) in [5.41, 5.74) is 6.09. The Balaban J connectivity index is 0.00000264. The number of carbonyl (C=O) groups excluding carboxylic acids is 1. The van der Waals surface area contributed by atoms with Crippen LogP contribution in [0.5, 0.6) is 5.75 Å². The number of anilines is 1. The molecule has 1 amide bonds. The minimum atomic E-state index is -4.39. The Morgan fingerprint density at radius 2 is 2.17 bits per heavy atom. The summed E-state index contributed by atoms with van der Waals surface area (Å²) in [6, 6.07) is 4.14. The highest BCUT2D eigenvalue weighted by atomic mass is 35.5.